The Labute approximate surface area is 180 Å². The standard InChI is InChI=1S/C22H28FNO7/c1-20(2)26-15-14-13(25-18(15)29-20)9-10-22(28-14)17(24-12-7-5-11(23)6-8-12)16-19(31-22)30-21(3,4)27-16/h5-8,13-19,24H,9-10H2,1-4H3/t13-,14+,15+,16+,17-,18+,19-,22-/m0/s1. The molecule has 0 saturated carbocycles. The quantitative estimate of drug-likeness (QED) is 0.757. The summed E-state index contributed by atoms with van der Waals surface area (Å²) in [5.74, 6) is -2.81. The van der Waals surface area contributed by atoms with Crippen molar-refractivity contribution in [2.75, 3.05) is 5.32 Å². The zero-order valence-electron chi connectivity index (χ0n) is 18.0. The molecule has 0 radical (unpaired) electrons. The van der Waals surface area contributed by atoms with Crippen LogP contribution in [0.15, 0.2) is 24.3 Å². The Morgan fingerprint density at radius 2 is 1.48 bits per heavy atom. The first-order chi connectivity index (χ1) is 14.6. The van der Waals surface area contributed by atoms with Crippen LogP contribution in [0.25, 0.3) is 0 Å². The molecule has 0 amide bonds. The van der Waals surface area contributed by atoms with E-state index in [0.29, 0.717) is 6.42 Å². The molecule has 0 unspecified atom stereocenters. The van der Waals surface area contributed by atoms with E-state index in [1.54, 1.807) is 12.1 Å². The number of anilines is 1. The number of halogens is 1. The Morgan fingerprint density at radius 3 is 2.23 bits per heavy atom. The van der Waals surface area contributed by atoms with Crippen molar-refractivity contribution in [1.82, 2.24) is 0 Å². The van der Waals surface area contributed by atoms with Gasteiger partial charge in [0, 0.05) is 12.1 Å². The summed E-state index contributed by atoms with van der Waals surface area (Å²) in [5, 5.41) is 3.46. The smallest absolute Gasteiger partial charge is 0.195 e. The molecule has 1 aromatic rings. The Morgan fingerprint density at radius 1 is 0.806 bits per heavy atom. The van der Waals surface area contributed by atoms with Gasteiger partial charge < -0.3 is 38.5 Å². The maximum Gasteiger partial charge on any atom is 0.195 e. The molecule has 170 valence electrons. The van der Waals surface area contributed by atoms with E-state index < -0.39 is 36.0 Å². The summed E-state index contributed by atoms with van der Waals surface area (Å²) in [6.07, 6.45) is -0.963. The molecule has 1 N–H and O–H groups in total. The number of hydrogen-bond acceptors (Lipinski definition) is 8. The van der Waals surface area contributed by atoms with Crippen LogP contribution in [0, 0.1) is 5.82 Å². The van der Waals surface area contributed by atoms with Gasteiger partial charge in [0.1, 0.15) is 30.2 Å². The van der Waals surface area contributed by atoms with Gasteiger partial charge in [0.2, 0.25) is 0 Å². The molecule has 1 spiro atoms. The highest BCUT2D eigenvalue weighted by atomic mass is 19.1. The third kappa shape index (κ3) is 3.30. The van der Waals surface area contributed by atoms with Crippen LogP contribution in [0.1, 0.15) is 40.5 Å². The monoisotopic (exact) mass is 437 g/mol. The molecule has 5 heterocycles. The SMILES string of the molecule is CC1(C)O[C@H]2O[C@H]3CC[C@@]4(O[C@@H]5OC(C)(C)O[C@@H]5[C@@H]4Nc4ccc(F)cc4)O[C@H]3[C@H]2O1. The molecule has 5 saturated heterocycles. The molecule has 5 aliphatic rings. The lowest BCUT2D eigenvalue weighted by Gasteiger charge is -2.44. The van der Waals surface area contributed by atoms with E-state index in [9.17, 15) is 4.39 Å². The van der Waals surface area contributed by atoms with Crippen LogP contribution < -0.4 is 5.32 Å². The lowest BCUT2D eigenvalue weighted by atomic mass is 9.91. The topological polar surface area (TPSA) is 76.6 Å². The van der Waals surface area contributed by atoms with Gasteiger partial charge in [0.25, 0.3) is 0 Å². The lowest BCUT2D eigenvalue weighted by molar-refractivity contribution is -0.339. The molecular formula is C22H28FNO7. The molecule has 0 aliphatic carbocycles. The predicted octanol–water partition coefficient (Wildman–Crippen LogP) is 2.87. The number of hydrogen-bond donors (Lipinski definition) is 1. The van der Waals surface area contributed by atoms with Crippen molar-refractivity contribution in [2.45, 2.75) is 101 Å². The van der Waals surface area contributed by atoms with Gasteiger partial charge in [0.15, 0.2) is 29.9 Å². The molecular weight excluding hydrogens is 409 g/mol. The minimum Gasteiger partial charge on any atom is -0.375 e. The highest BCUT2D eigenvalue weighted by Gasteiger charge is 2.68. The molecule has 0 bridgehead atoms. The van der Waals surface area contributed by atoms with Crippen LogP contribution in [0.5, 0.6) is 0 Å². The number of ether oxygens (including phenoxy) is 7. The Hall–Kier alpha value is -1.33. The normalized spacial score (nSPS) is 46.7. The summed E-state index contributed by atoms with van der Waals surface area (Å²) < 4.78 is 56.7. The number of fused-ring (bicyclic) bond motifs is 4. The van der Waals surface area contributed by atoms with E-state index in [0.717, 1.165) is 12.1 Å². The summed E-state index contributed by atoms with van der Waals surface area (Å²) in [5.41, 5.74) is 0.746. The first kappa shape index (κ1) is 20.3. The van der Waals surface area contributed by atoms with Gasteiger partial charge in [-0.3, -0.25) is 0 Å². The third-order valence-electron chi connectivity index (χ3n) is 6.57. The van der Waals surface area contributed by atoms with Gasteiger partial charge >= 0.3 is 0 Å². The van der Waals surface area contributed by atoms with Crippen LogP contribution in [0.3, 0.4) is 0 Å². The van der Waals surface area contributed by atoms with Crippen molar-refractivity contribution < 1.29 is 37.5 Å². The molecule has 8 nitrogen and oxygen atoms in total. The van der Waals surface area contributed by atoms with Gasteiger partial charge in [0.05, 0.1) is 6.10 Å². The van der Waals surface area contributed by atoms with Crippen molar-refractivity contribution in [3.63, 3.8) is 0 Å². The van der Waals surface area contributed by atoms with E-state index in [1.165, 1.54) is 12.1 Å². The fourth-order valence-corrected chi connectivity index (χ4v) is 5.38. The van der Waals surface area contributed by atoms with Gasteiger partial charge in [-0.15, -0.1) is 0 Å². The number of nitrogens with one attached hydrogen (secondary N) is 1. The summed E-state index contributed by atoms with van der Waals surface area (Å²) in [4.78, 5) is 0. The first-order valence-corrected chi connectivity index (χ1v) is 10.9. The summed E-state index contributed by atoms with van der Waals surface area (Å²) in [7, 11) is 0. The van der Waals surface area contributed by atoms with Crippen molar-refractivity contribution in [2.24, 2.45) is 0 Å². The summed E-state index contributed by atoms with van der Waals surface area (Å²) >= 11 is 0. The Balaban J connectivity index is 1.30. The fourth-order valence-electron chi connectivity index (χ4n) is 5.38. The molecule has 8 atom stereocenters. The zero-order chi connectivity index (χ0) is 21.6. The molecule has 1 aromatic carbocycles. The van der Waals surface area contributed by atoms with E-state index in [4.69, 9.17) is 33.2 Å². The second-order valence-electron chi connectivity index (χ2n) is 9.79. The minimum atomic E-state index is -1.00. The van der Waals surface area contributed by atoms with Crippen molar-refractivity contribution >= 4 is 5.69 Å². The maximum absolute atomic E-state index is 13.4. The van der Waals surface area contributed by atoms with E-state index in [-0.39, 0.29) is 30.2 Å². The van der Waals surface area contributed by atoms with Crippen LogP contribution in [-0.2, 0) is 33.2 Å². The van der Waals surface area contributed by atoms with Crippen LogP contribution in [0.4, 0.5) is 10.1 Å². The number of rotatable bonds is 2. The largest absolute Gasteiger partial charge is 0.375 e. The van der Waals surface area contributed by atoms with Crippen LogP contribution in [-0.4, -0.2) is 60.4 Å². The summed E-state index contributed by atoms with van der Waals surface area (Å²) in [6.45, 7) is 7.44. The van der Waals surface area contributed by atoms with Crippen molar-refractivity contribution in [3.8, 4) is 0 Å². The lowest BCUT2D eigenvalue weighted by Crippen LogP contribution is -2.58. The predicted molar refractivity (Wildman–Crippen MR) is 104 cm³/mol. The van der Waals surface area contributed by atoms with Gasteiger partial charge in [-0.25, -0.2) is 4.39 Å². The molecule has 0 aromatic heterocycles. The van der Waals surface area contributed by atoms with Crippen molar-refractivity contribution in [3.05, 3.63) is 30.1 Å². The van der Waals surface area contributed by atoms with Gasteiger partial charge in [-0.1, -0.05) is 0 Å². The zero-order valence-corrected chi connectivity index (χ0v) is 18.0. The van der Waals surface area contributed by atoms with Crippen molar-refractivity contribution in [1.29, 1.82) is 0 Å². The molecule has 5 fully saturated rings. The van der Waals surface area contributed by atoms with E-state index >= 15 is 0 Å². The Kier molecular flexibility index (Phi) is 4.32. The maximum atomic E-state index is 13.4. The number of benzene rings is 1. The van der Waals surface area contributed by atoms with E-state index in [2.05, 4.69) is 5.32 Å². The average molecular weight is 437 g/mol. The molecule has 31 heavy (non-hydrogen) atoms. The van der Waals surface area contributed by atoms with Gasteiger partial charge in [-0.2, -0.15) is 0 Å². The molecule has 9 heteroatoms. The minimum absolute atomic E-state index is 0.134. The highest BCUT2D eigenvalue weighted by Crippen LogP contribution is 2.52. The second-order valence-corrected chi connectivity index (χ2v) is 9.79. The molecule has 6 rings (SSSR count). The van der Waals surface area contributed by atoms with Gasteiger partial charge in [-0.05, 0) is 58.4 Å². The molecule has 5 aliphatic heterocycles. The highest BCUT2D eigenvalue weighted by molar-refractivity contribution is 5.45. The first-order valence-electron chi connectivity index (χ1n) is 10.9. The Bertz CT molecular complexity index is 864. The third-order valence-corrected chi connectivity index (χ3v) is 6.57. The fraction of sp³-hybridized carbons (Fsp3) is 0.727. The summed E-state index contributed by atoms with van der Waals surface area (Å²) in [6, 6.07) is 5.83. The second kappa shape index (κ2) is 6.60. The van der Waals surface area contributed by atoms with Crippen LogP contribution >= 0.6 is 0 Å². The van der Waals surface area contributed by atoms with E-state index in [1.807, 2.05) is 27.7 Å². The average Bonchev–Trinajstić information content (AvgIpc) is 3.33. The van der Waals surface area contributed by atoms with Crippen LogP contribution in [0.2, 0.25) is 0 Å².